The summed E-state index contributed by atoms with van der Waals surface area (Å²) in [6, 6.07) is 0. The zero-order chi connectivity index (χ0) is 9.23. The summed E-state index contributed by atoms with van der Waals surface area (Å²) in [5.41, 5.74) is 0. The third-order valence-electron chi connectivity index (χ3n) is 1.35. The lowest BCUT2D eigenvalue weighted by Gasteiger charge is -1.99. The summed E-state index contributed by atoms with van der Waals surface area (Å²) >= 11 is 0. The second kappa shape index (κ2) is 8.27. The Morgan fingerprint density at radius 3 is 2.83 bits per heavy atom. The Balaban J connectivity index is 3.05. The van der Waals surface area contributed by atoms with Crippen LogP contribution in [0.1, 0.15) is 19.8 Å². The Bertz CT molecular complexity index is 141. The Morgan fingerprint density at radius 1 is 1.50 bits per heavy atom. The number of ether oxygens (including phenoxy) is 2. The largest absolute Gasteiger partial charge is 0.469 e. The lowest BCUT2D eigenvalue weighted by Crippen LogP contribution is -2.02. The number of carbonyl (C=O) groups excluding carboxylic acids is 1. The van der Waals surface area contributed by atoms with Crippen molar-refractivity contribution in [2.75, 3.05) is 20.3 Å². The van der Waals surface area contributed by atoms with Crippen molar-refractivity contribution in [3.63, 3.8) is 0 Å². The van der Waals surface area contributed by atoms with Crippen LogP contribution in [0.25, 0.3) is 0 Å². The molecule has 3 heteroatoms. The van der Waals surface area contributed by atoms with E-state index in [1.54, 1.807) is 0 Å². The Labute approximate surface area is 73.4 Å². The van der Waals surface area contributed by atoms with Crippen LogP contribution in [0, 0.1) is 0 Å². The van der Waals surface area contributed by atoms with Crippen LogP contribution in [0.15, 0.2) is 12.2 Å². The number of hydrogen-bond acceptors (Lipinski definition) is 3. The van der Waals surface area contributed by atoms with Gasteiger partial charge in [-0.3, -0.25) is 4.79 Å². The molecule has 0 aliphatic carbocycles. The van der Waals surface area contributed by atoms with Crippen molar-refractivity contribution in [3.8, 4) is 0 Å². The zero-order valence-corrected chi connectivity index (χ0v) is 7.71. The highest BCUT2D eigenvalue weighted by Crippen LogP contribution is 1.92. The van der Waals surface area contributed by atoms with Gasteiger partial charge in [0.05, 0.1) is 13.7 Å². The number of hydrogen-bond donors (Lipinski definition) is 0. The normalized spacial score (nSPS) is 10.5. The molecule has 0 aromatic carbocycles. The first-order valence-electron chi connectivity index (χ1n) is 4.07. The topological polar surface area (TPSA) is 35.5 Å². The molecule has 0 spiro atoms. The minimum Gasteiger partial charge on any atom is -0.469 e. The van der Waals surface area contributed by atoms with E-state index >= 15 is 0 Å². The Kier molecular flexibility index (Phi) is 7.70. The van der Waals surface area contributed by atoms with E-state index in [0.29, 0.717) is 19.6 Å². The summed E-state index contributed by atoms with van der Waals surface area (Å²) in [4.78, 5) is 10.6. The van der Waals surface area contributed by atoms with Crippen molar-refractivity contribution in [1.82, 2.24) is 0 Å². The molecule has 0 aromatic heterocycles. The van der Waals surface area contributed by atoms with E-state index in [1.165, 1.54) is 7.11 Å². The molecule has 0 aromatic rings. The van der Waals surface area contributed by atoms with Crippen molar-refractivity contribution in [2.24, 2.45) is 0 Å². The van der Waals surface area contributed by atoms with Gasteiger partial charge in [0.25, 0.3) is 0 Å². The van der Waals surface area contributed by atoms with Gasteiger partial charge >= 0.3 is 5.97 Å². The SMILES string of the molecule is CC=CCOCCCC(=O)OC. The van der Waals surface area contributed by atoms with E-state index in [-0.39, 0.29) is 5.97 Å². The first-order valence-corrected chi connectivity index (χ1v) is 4.07. The van der Waals surface area contributed by atoms with Crippen molar-refractivity contribution < 1.29 is 14.3 Å². The van der Waals surface area contributed by atoms with Gasteiger partial charge in [0.2, 0.25) is 0 Å². The van der Waals surface area contributed by atoms with Gasteiger partial charge < -0.3 is 9.47 Å². The van der Waals surface area contributed by atoms with Gasteiger partial charge in [-0.15, -0.1) is 0 Å². The molecule has 0 N–H and O–H groups in total. The van der Waals surface area contributed by atoms with Crippen LogP contribution < -0.4 is 0 Å². The van der Waals surface area contributed by atoms with Crippen LogP contribution in [0.3, 0.4) is 0 Å². The fraction of sp³-hybridized carbons (Fsp3) is 0.667. The molecule has 0 saturated carbocycles. The molecule has 0 atom stereocenters. The summed E-state index contributed by atoms with van der Waals surface area (Å²) in [7, 11) is 1.39. The molecular formula is C9H16O3. The third kappa shape index (κ3) is 7.28. The van der Waals surface area contributed by atoms with Crippen LogP contribution in [0.4, 0.5) is 0 Å². The molecule has 0 aliphatic rings. The van der Waals surface area contributed by atoms with E-state index in [2.05, 4.69) is 4.74 Å². The number of carbonyl (C=O) groups is 1. The van der Waals surface area contributed by atoms with Crippen LogP contribution in [0.5, 0.6) is 0 Å². The van der Waals surface area contributed by atoms with Gasteiger partial charge in [0, 0.05) is 13.0 Å². The minimum absolute atomic E-state index is 0.176. The number of esters is 1. The molecule has 12 heavy (non-hydrogen) atoms. The van der Waals surface area contributed by atoms with Gasteiger partial charge in [-0.1, -0.05) is 12.2 Å². The number of rotatable bonds is 6. The van der Waals surface area contributed by atoms with Gasteiger partial charge in [-0.25, -0.2) is 0 Å². The maximum Gasteiger partial charge on any atom is 0.305 e. The Morgan fingerprint density at radius 2 is 2.25 bits per heavy atom. The highest BCUT2D eigenvalue weighted by Gasteiger charge is 1.97. The smallest absolute Gasteiger partial charge is 0.305 e. The third-order valence-corrected chi connectivity index (χ3v) is 1.35. The van der Waals surface area contributed by atoms with Gasteiger partial charge in [0.15, 0.2) is 0 Å². The fourth-order valence-electron chi connectivity index (χ4n) is 0.668. The van der Waals surface area contributed by atoms with Crippen molar-refractivity contribution in [2.45, 2.75) is 19.8 Å². The predicted molar refractivity (Wildman–Crippen MR) is 46.9 cm³/mol. The molecule has 3 nitrogen and oxygen atoms in total. The van der Waals surface area contributed by atoms with Crippen molar-refractivity contribution >= 4 is 5.97 Å². The molecular weight excluding hydrogens is 156 g/mol. The van der Waals surface area contributed by atoms with E-state index in [0.717, 1.165) is 6.42 Å². The van der Waals surface area contributed by atoms with Crippen molar-refractivity contribution in [1.29, 1.82) is 0 Å². The zero-order valence-electron chi connectivity index (χ0n) is 7.71. The van der Waals surface area contributed by atoms with E-state index in [1.807, 2.05) is 19.1 Å². The number of allylic oxidation sites excluding steroid dienone is 1. The van der Waals surface area contributed by atoms with E-state index < -0.39 is 0 Å². The second-order valence-electron chi connectivity index (χ2n) is 2.32. The monoisotopic (exact) mass is 172 g/mol. The standard InChI is InChI=1S/C9H16O3/c1-3-4-7-12-8-5-6-9(10)11-2/h3-4H,5-8H2,1-2H3. The van der Waals surface area contributed by atoms with Gasteiger partial charge in [-0.05, 0) is 13.3 Å². The molecule has 0 bridgehead atoms. The molecule has 0 radical (unpaired) electrons. The highest BCUT2D eigenvalue weighted by molar-refractivity contribution is 5.68. The van der Waals surface area contributed by atoms with E-state index in [9.17, 15) is 4.79 Å². The first kappa shape index (κ1) is 11.2. The highest BCUT2D eigenvalue weighted by atomic mass is 16.5. The van der Waals surface area contributed by atoms with Gasteiger partial charge in [-0.2, -0.15) is 0 Å². The van der Waals surface area contributed by atoms with Crippen LogP contribution in [-0.2, 0) is 14.3 Å². The van der Waals surface area contributed by atoms with Crippen molar-refractivity contribution in [3.05, 3.63) is 12.2 Å². The molecule has 0 aliphatic heterocycles. The minimum atomic E-state index is -0.176. The predicted octanol–water partition coefficient (Wildman–Crippen LogP) is 1.53. The van der Waals surface area contributed by atoms with Gasteiger partial charge in [0.1, 0.15) is 0 Å². The lowest BCUT2D eigenvalue weighted by molar-refractivity contribution is -0.140. The average Bonchev–Trinajstić information content (AvgIpc) is 2.10. The molecule has 70 valence electrons. The summed E-state index contributed by atoms with van der Waals surface area (Å²) in [5, 5.41) is 0. The average molecular weight is 172 g/mol. The van der Waals surface area contributed by atoms with E-state index in [4.69, 9.17) is 4.74 Å². The van der Waals surface area contributed by atoms with Crippen LogP contribution in [-0.4, -0.2) is 26.3 Å². The summed E-state index contributed by atoms with van der Waals surface area (Å²) in [5.74, 6) is -0.176. The molecule has 0 heterocycles. The lowest BCUT2D eigenvalue weighted by atomic mass is 10.3. The summed E-state index contributed by atoms with van der Waals surface area (Å²) < 4.78 is 9.64. The maximum absolute atomic E-state index is 10.6. The van der Waals surface area contributed by atoms with Crippen LogP contribution in [0.2, 0.25) is 0 Å². The molecule has 0 amide bonds. The maximum atomic E-state index is 10.6. The molecule has 0 fully saturated rings. The Hall–Kier alpha value is -0.830. The summed E-state index contributed by atoms with van der Waals surface area (Å²) in [6.45, 7) is 3.18. The molecule has 0 unspecified atom stereocenters. The number of methoxy groups -OCH3 is 1. The molecule has 0 saturated heterocycles. The fourth-order valence-corrected chi connectivity index (χ4v) is 0.668. The quantitative estimate of drug-likeness (QED) is 0.346. The van der Waals surface area contributed by atoms with Crippen LogP contribution >= 0.6 is 0 Å². The second-order valence-corrected chi connectivity index (χ2v) is 2.32. The first-order chi connectivity index (χ1) is 5.81. The molecule has 0 rings (SSSR count). The summed E-state index contributed by atoms with van der Waals surface area (Å²) in [6.07, 6.45) is 5.02.